The molecule has 1 aliphatic carbocycles. The van der Waals surface area contributed by atoms with Crippen LogP contribution in [0.2, 0.25) is 0 Å². The van der Waals surface area contributed by atoms with Gasteiger partial charge in [0.1, 0.15) is 0 Å². The summed E-state index contributed by atoms with van der Waals surface area (Å²) >= 11 is 0. The van der Waals surface area contributed by atoms with Crippen molar-refractivity contribution >= 4 is 0 Å². The Kier molecular flexibility index (Phi) is 1.78. The first kappa shape index (κ1) is 6.64. The molecule has 9 heavy (non-hydrogen) atoms. The highest BCUT2D eigenvalue weighted by molar-refractivity contribution is 5.14. The van der Waals surface area contributed by atoms with E-state index in [1.54, 1.807) is 0 Å². The second kappa shape index (κ2) is 2.41. The predicted molar refractivity (Wildman–Crippen MR) is 39.1 cm³/mol. The summed E-state index contributed by atoms with van der Waals surface area (Å²) in [4.78, 5) is 0. The molecule has 1 heteroatoms. The molecule has 1 aliphatic rings. The van der Waals surface area contributed by atoms with Crippen LogP contribution in [0.3, 0.4) is 0 Å². The van der Waals surface area contributed by atoms with Crippen LogP contribution in [0.25, 0.3) is 0 Å². The van der Waals surface area contributed by atoms with Crippen LogP contribution in [0.15, 0.2) is 0 Å². The molecule has 50 valence electrons. The molecule has 0 atom stereocenters. The lowest BCUT2D eigenvalue weighted by Gasteiger charge is -2.20. The van der Waals surface area contributed by atoms with E-state index in [2.05, 4.69) is 11.2 Å². The first-order valence-electron chi connectivity index (χ1n) is 3.50. The van der Waals surface area contributed by atoms with E-state index in [1.165, 1.54) is 12.8 Å². The van der Waals surface area contributed by atoms with Gasteiger partial charge in [0.15, 0.2) is 0 Å². The van der Waals surface area contributed by atoms with Crippen LogP contribution in [0.1, 0.15) is 25.7 Å². The highest BCUT2D eigenvalue weighted by atomic mass is 14.9. The molecule has 0 aromatic rings. The van der Waals surface area contributed by atoms with Crippen molar-refractivity contribution in [3.8, 4) is 12.3 Å². The first-order valence-corrected chi connectivity index (χ1v) is 3.50. The Morgan fingerprint density at radius 2 is 2.00 bits per heavy atom. The molecule has 0 unspecified atom stereocenters. The van der Waals surface area contributed by atoms with Crippen LogP contribution in [0, 0.1) is 12.3 Å². The largest absolute Gasteiger partial charge is 0.304 e. The average Bonchev–Trinajstić information content (AvgIpc) is 2.36. The van der Waals surface area contributed by atoms with Crippen LogP contribution in [-0.4, -0.2) is 12.6 Å². The second-order valence-electron chi connectivity index (χ2n) is 2.68. The molecule has 0 bridgehead atoms. The molecule has 0 amide bonds. The van der Waals surface area contributed by atoms with E-state index in [9.17, 15) is 0 Å². The normalized spacial score (nSPS) is 23.6. The maximum atomic E-state index is 5.37. The molecule has 1 nitrogen and oxygen atoms in total. The van der Waals surface area contributed by atoms with Crippen molar-refractivity contribution in [1.29, 1.82) is 0 Å². The molecule has 1 rings (SSSR count). The molecule has 0 heterocycles. The number of hydrogen-bond donors (Lipinski definition) is 1. The van der Waals surface area contributed by atoms with Crippen LogP contribution < -0.4 is 5.32 Å². The van der Waals surface area contributed by atoms with Crippen molar-refractivity contribution in [3.05, 3.63) is 0 Å². The predicted octanol–water partition coefficient (Wildman–Crippen LogP) is 1.15. The third kappa shape index (κ3) is 1.09. The molecular weight excluding hydrogens is 110 g/mol. The molecule has 1 N–H and O–H groups in total. The Morgan fingerprint density at radius 3 is 2.22 bits per heavy atom. The van der Waals surface area contributed by atoms with Crippen molar-refractivity contribution in [2.75, 3.05) is 7.05 Å². The van der Waals surface area contributed by atoms with Crippen molar-refractivity contribution in [3.63, 3.8) is 0 Å². The quantitative estimate of drug-likeness (QED) is 0.516. The zero-order valence-electron chi connectivity index (χ0n) is 5.91. The van der Waals surface area contributed by atoms with Crippen LogP contribution >= 0.6 is 0 Å². The number of rotatable bonds is 1. The summed E-state index contributed by atoms with van der Waals surface area (Å²) in [6, 6.07) is 0. The van der Waals surface area contributed by atoms with Gasteiger partial charge in [0.2, 0.25) is 0 Å². The molecule has 0 aliphatic heterocycles. The fourth-order valence-corrected chi connectivity index (χ4v) is 1.45. The standard InChI is InChI=1S/C8H13N/c1-3-8(9-2)6-4-5-7-8/h1,9H,4-7H2,2H3. The van der Waals surface area contributed by atoms with E-state index >= 15 is 0 Å². The minimum absolute atomic E-state index is 0.0556. The minimum atomic E-state index is 0.0556. The summed E-state index contributed by atoms with van der Waals surface area (Å²) in [6.07, 6.45) is 10.2. The topological polar surface area (TPSA) is 12.0 Å². The van der Waals surface area contributed by atoms with E-state index in [0.717, 1.165) is 12.8 Å². The van der Waals surface area contributed by atoms with Crippen LogP contribution in [0.5, 0.6) is 0 Å². The fourth-order valence-electron chi connectivity index (χ4n) is 1.45. The molecule has 1 fully saturated rings. The Balaban J connectivity index is 2.59. The molecule has 0 saturated heterocycles. The SMILES string of the molecule is C#CC1(NC)CCCC1. The summed E-state index contributed by atoms with van der Waals surface area (Å²) in [5, 5.41) is 3.19. The van der Waals surface area contributed by atoms with Crippen molar-refractivity contribution < 1.29 is 0 Å². The Bertz CT molecular complexity index is 126. The van der Waals surface area contributed by atoms with Crippen molar-refractivity contribution in [2.24, 2.45) is 0 Å². The van der Waals surface area contributed by atoms with Gasteiger partial charge in [-0.3, -0.25) is 0 Å². The van der Waals surface area contributed by atoms with Gasteiger partial charge in [-0.1, -0.05) is 18.8 Å². The Morgan fingerprint density at radius 1 is 1.44 bits per heavy atom. The van der Waals surface area contributed by atoms with Gasteiger partial charge in [-0.2, -0.15) is 0 Å². The Labute approximate surface area is 56.8 Å². The zero-order valence-corrected chi connectivity index (χ0v) is 5.91. The lowest BCUT2D eigenvalue weighted by atomic mass is 10.00. The summed E-state index contributed by atoms with van der Waals surface area (Å²) in [6.45, 7) is 0. The fraction of sp³-hybridized carbons (Fsp3) is 0.750. The van der Waals surface area contributed by atoms with E-state index in [0.29, 0.717) is 0 Å². The van der Waals surface area contributed by atoms with E-state index in [4.69, 9.17) is 6.42 Å². The Hall–Kier alpha value is -0.480. The number of hydrogen-bond acceptors (Lipinski definition) is 1. The van der Waals surface area contributed by atoms with Gasteiger partial charge in [0, 0.05) is 0 Å². The first-order chi connectivity index (χ1) is 4.33. The maximum Gasteiger partial charge on any atom is 0.0795 e. The van der Waals surface area contributed by atoms with Gasteiger partial charge in [-0.05, 0) is 19.9 Å². The molecule has 0 aromatic heterocycles. The smallest absolute Gasteiger partial charge is 0.0795 e. The zero-order chi connectivity index (χ0) is 6.74. The van der Waals surface area contributed by atoms with Crippen molar-refractivity contribution in [1.82, 2.24) is 5.32 Å². The summed E-state index contributed by atoms with van der Waals surface area (Å²) in [5.74, 6) is 2.82. The van der Waals surface area contributed by atoms with Crippen LogP contribution in [0.4, 0.5) is 0 Å². The monoisotopic (exact) mass is 123 g/mol. The second-order valence-corrected chi connectivity index (χ2v) is 2.68. The van der Waals surface area contributed by atoms with Gasteiger partial charge >= 0.3 is 0 Å². The van der Waals surface area contributed by atoms with Gasteiger partial charge in [0.05, 0.1) is 5.54 Å². The van der Waals surface area contributed by atoms with Gasteiger partial charge in [-0.15, -0.1) is 6.42 Å². The van der Waals surface area contributed by atoms with E-state index in [-0.39, 0.29) is 5.54 Å². The van der Waals surface area contributed by atoms with Crippen LogP contribution in [-0.2, 0) is 0 Å². The summed E-state index contributed by atoms with van der Waals surface area (Å²) < 4.78 is 0. The molecule has 0 radical (unpaired) electrons. The molecule has 0 aromatic carbocycles. The third-order valence-corrected chi connectivity index (χ3v) is 2.21. The van der Waals surface area contributed by atoms with E-state index < -0.39 is 0 Å². The highest BCUT2D eigenvalue weighted by Gasteiger charge is 2.29. The minimum Gasteiger partial charge on any atom is -0.304 e. The molecule has 0 spiro atoms. The van der Waals surface area contributed by atoms with Crippen molar-refractivity contribution in [2.45, 2.75) is 31.2 Å². The lowest BCUT2D eigenvalue weighted by molar-refractivity contribution is 0.469. The maximum absolute atomic E-state index is 5.37. The number of nitrogens with one attached hydrogen (secondary N) is 1. The van der Waals surface area contributed by atoms with E-state index in [1.807, 2.05) is 7.05 Å². The third-order valence-electron chi connectivity index (χ3n) is 2.21. The van der Waals surface area contributed by atoms with Gasteiger partial charge in [0.25, 0.3) is 0 Å². The molecule has 1 saturated carbocycles. The number of terminal acetylenes is 1. The average molecular weight is 123 g/mol. The molecular formula is C8H13N. The summed E-state index contributed by atoms with van der Waals surface area (Å²) in [5.41, 5.74) is 0.0556. The summed E-state index contributed by atoms with van der Waals surface area (Å²) in [7, 11) is 1.95. The highest BCUT2D eigenvalue weighted by Crippen LogP contribution is 2.27. The lowest BCUT2D eigenvalue weighted by Crippen LogP contribution is -2.37. The van der Waals surface area contributed by atoms with Gasteiger partial charge in [-0.25, -0.2) is 0 Å². The van der Waals surface area contributed by atoms with Gasteiger partial charge < -0.3 is 5.32 Å².